The number of para-hydroxylation sites is 1. The Morgan fingerprint density at radius 1 is 0.974 bits per heavy atom. The summed E-state index contributed by atoms with van der Waals surface area (Å²) >= 11 is 5.00. The summed E-state index contributed by atoms with van der Waals surface area (Å²) in [5, 5.41) is 4.96. The maximum atomic E-state index is 12.6. The zero-order chi connectivity index (χ0) is 26.1. The molecule has 0 radical (unpaired) electrons. The minimum atomic E-state index is -0.0942. The Labute approximate surface area is 234 Å². The van der Waals surface area contributed by atoms with Gasteiger partial charge in [0.25, 0.3) is 0 Å². The lowest BCUT2D eigenvalue weighted by molar-refractivity contribution is -0.113. The monoisotopic (exact) mass is 554 g/mol. The molecule has 38 heavy (non-hydrogen) atoms. The lowest BCUT2D eigenvalue weighted by Crippen LogP contribution is -2.15. The van der Waals surface area contributed by atoms with Crippen molar-refractivity contribution in [3.63, 3.8) is 0 Å². The van der Waals surface area contributed by atoms with Gasteiger partial charge in [-0.2, -0.15) is 0 Å². The van der Waals surface area contributed by atoms with E-state index in [1.54, 1.807) is 11.3 Å². The number of thiophene rings is 1. The highest BCUT2D eigenvalue weighted by atomic mass is 32.2. The molecule has 0 fully saturated rings. The van der Waals surface area contributed by atoms with Gasteiger partial charge >= 0.3 is 0 Å². The molecule has 1 aliphatic heterocycles. The first-order valence-corrected chi connectivity index (χ1v) is 15.1. The molecule has 0 bridgehead atoms. The maximum absolute atomic E-state index is 12.6. The number of rotatable bonds is 6. The number of amides is 1. The summed E-state index contributed by atoms with van der Waals surface area (Å²) in [6, 6.07) is 29.1. The highest BCUT2D eigenvalue weighted by Gasteiger charge is 2.34. The number of fused-ring (bicyclic) bond motifs is 3. The summed E-state index contributed by atoms with van der Waals surface area (Å²) in [5.74, 6) is 0.603. The summed E-state index contributed by atoms with van der Waals surface area (Å²) in [7, 11) is 0. The van der Waals surface area contributed by atoms with Crippen LogP contribution in [0.15, 0.2) is 90.1 Å². The SMILES string of the molecule is Cc1ccccc1NC(=O)CSc1nc(N)c2c3c(sc2n1)C(c1ccccc1)SC(c1ccccc1)C3. The minimum absolute atomic E-state index is 0.0942. The third kappa shape index (κ3) is 5.04. The van der Waals surface area contributed by atoms with Crippen LogP contribution >= 0.6 is 34.9 Å². The Kier molecular flexibility index (Phi) is 7.10. The second kappa shape index (κ2) is 10.8. The summed E-state index contributed by atoms with van der Waals surface area (Å²) in [5.41, 5.74) is 12.3. The van der Waals surface area contributed by atoms with Crippen LogP contribution in [-0.2, 0) is 11.2 Å². The van der Waals surface area contributed by atoms with Gasteiger partial charge in [0.15, 0.2) is 5.16 Å². The molecule has 6 rings (SSSR count). The number of nitrogens with one attached hydrogen (secondary N) is 1. The van der Waals surface area contributed by atoms with Crippen LogP contribution in [0.2, 0.25) is 0 Å². The Morgan fingerprint density at radius 3 is 2.39 bits per heavy atom. The maximum Gasteiger partial charge on any atom is 0.234 e. The summed E-state index contributed by atoms with van der Waals surface area (Å²) in [6.45, 7) is 1.97. The molecule has 5 aromatic rings. The van der Waals surface area contributed by atoms with Crippen LogP contribution in [0.1, 0.15) is 37.6 Å². The molecule has 3 heterocycles. The smallest absolute Gasteiger partial charge is 0.234 e. The molecule has 0 saturated carbocycles. The number of nitrogen functional groups attached to an aromatic ring is 1. The zero-order valence-electron chi connectivity index (χ0n) is 20.8. The highest BCUT2D eigenvalue weighted by molar-refractivity contribution is 8.00. The van der Waals surface area contributed by atoms with Gasteiger partial charge in [-0.25, -0.2) is 9.97 Å². The number of aryl methyl sites for hydroxylation is 1. The van der Waals surface area contributed by atoms with E-state index in [1.165, 1.54) is 33.3 Å². The van der Waals surface area contributed by atoms with E-state index in [0.717, 1.165) is 27.9 Å². The fourth-order valence-electron chi connectivity index (χ4n) is 4.77. The van der Waals surface area contributed by atoms with E-state index < -0.39 is 0 Å². The third-order valence-electron chi connectivity index (χ3n) is 6.64. The van der Waals surface area contributed by atoms with Gasteiger partial charge in [-0.15, -0.1) is 23.1 Å². The average Bonchev–Trinajstić information content (AvgIpc) is 3.32. The van der Waals surface area contributed by atoms with E-state index in [2.05, 4.69) is 71.0 Å². The second-order valence-corrected chi connectivity index (χ2v) is 12.5. The highest BCUT2D eigenvalue weighted by Crippen LogP contribution is 2.55. The van der Waals surface area contributed by atoms with Gasteiger partial charge in [0, 0.05) is 15.8 Å². The molecule has 2 aromatic heterocycles. The van der Waals surface area contributed by atoms with Gasteiger partial charge < -0.3 is 11.1 Å². The standard InChI is InChI=1S/C30H26N4OS3/c1-18-10-8-9-15-22(18)32-24(35)17-36-30-33-28(31)25-21-16-23(19-11-4-2-5-12-19)37-26(20-13-6-3-7-14-20)27(21)38-29(25)34-30/h2-15,23,26H,16-17H2,1H3,(H,32,35)(H2,31,33,34). The lowest BCUT2D eigenvalue weighted by Gasteiger charge is -2.30. The summed E-state index contributed by atoms with van der Waals surface area (Å²) in [6.07, 6.45) is 0.881. The molecule has 1 amide bonds. The van der Waals surface area contributed by atoms with Crippen molar-refractivity contribution in [3.8, 4) is 0 Å². The number of hydrogen-bond donors (Lipinski definition) is 2. The summed E-state index contributed by atoms with van der Waals surface area (Å²) < 4.78 is 0. The van der Waals surface area contributed by atoms with Crippen LogP contribution in [0.25, 0.3) is 10.2 Å². The molecule has 190 valence electrons. The molecule has 2 atom stereocenters. The normalized spacial score (nSPS) is 16.8. The number of benzene rings is 3. The Balaban J connectivity index is 1.31. The van der Waals surface area contributed by atoms with Crippen LogP contribution in [0, 0.1) is 6.92 Å². The summed E-state index contributed by atoms with van der Waals surface area (Å²) in [4.78, 5) is 24.3. The van der Waals surface area contributed by atoms with E-state index in [9.17, 15) is 4.79 Å². The predicted octanol–water partition coefficient (Wildman–Crippen LogP) is 7.43. The van der Waals surface area contributed by atoms with Gasteiger partial charge in [-0.05, 0) is 41.7 Å². The number of carbonyl (C=O) groups excluding carboxylic acids is 1. The topological polar surface area (TPSA) is 80.9 Å². The fraction of sp³-hybridized carbons (Fsp3) is 0.167. The van der Waals surface area contributed by atoms with Crippen LogP contribution in [0.4, 0.5) is 11.5 Å². The van der Waals surface area contributed by atoms with Gasteiger partial charge in [0.1, 0.15) is 10.6 Å². The van der Waals surface area contributed by atoms with Crippen molar-refractivity contribution >= 4 is 62.5 Å². The predicted molar refractivity (Wildman–Crippen MR) is 161 cm³/mol. The van der Waals surface area contributed by atoms with Crippen LogP contribution < -0.4 is 11.1 Å². The first-order valence-electron chi connectivity index (χ1n) is 12.4. The third-order valence-corrected chi connectivity index (χ3v) is 10.4. The van der Waals surface area contributed by atoms with E-state index in [1.807, 2.05) is 43.0 Å². The molecule has 3 N–H and O–H groups in total. The first-order chi connectivity index (χ1) is 18.6. The number of nitrogens with two attached hydrogens (primary N) is 1. The van der Waals surface area contributed by atoms with E-state index in [4.69, 9.17) is 10.7 Å². The van der Waals surface area contributed by atoms with E-state index in [-0.39, 0.29) is 16.9 Å². The molecule has 3 aromatic carbocycles. The molecule has 0 aliphatic carbocycles. The van der Waals surface area contributed by atoms with E-state index in [0.29, 0.717) is 16.2 Å². The van der Waals surface area contributed by atoms with Gasteiger partial charge in [-0.1, -0.05) is 90.6 Å². The molecular weight excluding hydrogens is 529 g/mol. The molecule has 2 unspecified atom stereocenters. The number of aromatic nitrogens is 2. The molecular formula is C30H26N4OS3. The van der Waals surface area contributed by atoms with Crippen LogP contribution in [0.3, 0.4) is 0 Å². The van der Waals surface area contributed by atoms with Crippen molar-refractivity contribution in [3.05, 3.63) is 112 Å². The Hall–Kier alpha value is -3.33. The van der Waals surface area contributed by atoms with Crippen molar-refractivity contribution in [2.45, 2.75) is 29.0 Å². The van der Waals surface area contributed by atoms with Gasteiger partial charge in [-0.3, -0.25) is 4.79 Å². The molecule has 1 aliphatic rings. The zero-order valence-corrected chi connectivity index (χ0v) is 23.2. The lowest BCUT2D eigenvalue weighted by atomic mass is 9.98. The van der Waals surface area contributed by atoms with Crippen LogP contribution in [-0.4, -0.2) is 21.6 Å². The average molecular weight is 555 g/mol. The second-order valence-electron chi connectivity index (χ2n) is 9.20. The number of anilines is 2. The molecule has 0 saturated heterocycles. The Morgan fingerprint density at radius 2 is 1.66 bits per heavy atom. The quantitative estimate of drug-likeness (QED) is 0.168. The number of carbonyl (C=O) groups is 1. The van der Waals surface area contributed by atoms with E-state index >= 15 is 0 Å². The molecule has 0 spiro atoms. The first kappa shape index (κ1) is 25.0. The van der Waals surface area contributed by atoms with Crippen LogP contribution in [0.5, 0.6) is 0 Å². The van der Waals surface area contributed by atoms with Crippen molar-refractivity contribution in [1.82, 2.24) is 9.97 Å². The van der Waals surface area contributed by atoms with Crippen molar-refractivity contribution in [2.24, 2.45) is 0 Å². The van der Waals surface area contributed by atoms with Gasteiger partial charge in [0.2, 0.25) is 5.91 Å². The molecule has 5 nitrogen and oxygen atoms in total. The number of thioether (sulfide) groups is 2. The van der Waals surface area contributed by atoms with Crippen molar-refractivity contribution in [1.29, 1.82) is 0 Å². The fourth-order valence-corrected chi connectivity index (χ4v) is 8.50. The van der Waals surface area contributed by atoms with Crippen molar-refractivity contribution < 1.29 is 4.79 Å². The Bertz CT molecular complexity index is 1600. The number of nitrogens with zero attached hydrogens (tertiary/aromatic N) is 2. The largest absolute Gasteiger partial charge is 0.383 e. The van der Waals surface area contributed by atoms with Gasteiger partial charge in [0.05, 0.1) is 16.4 Å². The molecule has 8 heteroatoms. The van der Waals surface area contributed by atoms with Crippen molar-refractivity contribution in [2.75, 3.05) is 16.8 Å². The number of hydrogen-bond acceptors (Lipinski definition) is 7. The minimum Gasteiger partial charge on any atom is -0.383 e.